The first-order valence-electron chi connectivity index (χ1n) is 11.6. The molecule has 0 amide bonds. The molecule has 0 bridgehead atoms. The first-order chi connectivity index (χ1) is 14.1. The van der Waals surface area contributed by atoms with Gasteiger partial charge in [-0.15, -0.1) is 0 Å². The standard InChI is InChI=1S/C25H42O4/c1-4-7-9-10-11-12-13-14-15-16-17-21-28-24(26)19-20-25(27)29-22-23(6-3)18-8-5-2/h19-20,23H,4-15,18,21-22H2,1-3H3/b20-19+. The Morgan fingerprint density at radius 2 is 1.34 bits per heavy atom. The molecule has 0 rings (SSSR count). The van der Waals surface area contributed by atoms with Gasteiger partial charge in [0.25, 0.3) is 0 Å². The van der Waals surface area contributed by atoms with Crippen LogP contribution in [0.25, 0.3) is 0 Å². The minimum absolute atomic E-state index is 0.0597. The Kier molecular flexibility index (Phi) is 19.7. The van der Waals surface area contributed by atoms with E-state index in [1.165, 1.54) is 44.9 Å². The quantitative estimate of drug-likeness (QED) is 0.122. The van der Waals surface area contributed by atoms with Crippen molar-refractivity contribution < 1.29 is 19.1 Å². The number of esters is 2. The first kappa shape index (κ1) is 27.2. The van der Waals surface area contributed by atoms with Gasteiger partial charge in [-0.05, 0) is 18.8 Å². The molecular formula is C25H42O4. The van der Waals surface area contributed by atoms with Crippen molar-refractivity contribution >= 4 is 11.9 Å². The molecule has 0 saturated heterocycles. The molecule has 29 heavy (non-hydrogen) atoms. The molecule has 0 saturated carbocycles. The predicted molar refractivity (Wildman–Crippen MR) is 119 cm³/mol. The summed E-state index contributed by atoms with van der Waals surface area (Å²) in [5, 5.41) is 0. The molecule has 0 radical (unpaired) electrons. The van der Waals surface area contributed by atoms with Crippen LogP contribution in [0.5, 0.6) is 0 Å². The Hall–Kier alpha value is -1.76. The van der Waals surface area contributed by atoms with E-state index >= 15 is 0 Å². The van der Waals surface area contributed by atoms with Gasteiger partial charge in [-0.2, -0.15) is 0 Å². The Bertz CT molecular complexity index is 499. The highest BCUT2D eigenvalue weighted by Crippen LogP contribution is 2.13. The summed E-state index contributed by atoms with van der Waals surface area (Å²) < 4.78 is 10.2. The summed E-state index contributed by atoms with van der Waals surface area (Å²) in [5.74, 6) is 5.19. The molecule has 0 aliphatic carbocycles. The zero-order chi connectivity index (χ0) is 21.6. The molecule has 0 aromatic carbocycles. The molecular weight excluding hydrogens is 364 g/mol. The van der Waals surface area contributed by atoms with E-state index in [1.54, 1.807) is 0 Å². The second-order valence-electron chi connectivity index (χ2n) is 7.57. The maximum Gasteiger partial charge on any atom is 0.331 e. The highest BCUT2D eigenvalue weighted by Gasteiger charge is 2.08. The Balaban J connectivity index is 3.72. The van der Waals surface area contributed by atoms with Gasteiger partial charge >= 0.3 is 11.9 Å². The van der Waals surface area contributed by atoms with Gasteiger partial charge in [-0.3, -0.25) is 0 Å². The van der Waals surface area contributed by atoms with Crippen LogP contribution in [0.15, 0.2) is 12.2 Å². The average molecular weight is 407 g/mol. The van der Waals surface area contributed by atoms with Crippen LogP contribution in [-0.2, 0) is 19.1 Å². The number of carbonyl (C=O) groups excluding carboxylic acids is 2. The molecule has 0 aromatic heterocycles. The molecule has 0 aromatic rings. The lowest BCUT2D eigenvalue weighted by molar-refractivity contribution is -0.140. The molecule has 0 aliphatic rings. The van der Waals surface area contributed by atoms with Crippen LogP contribution in [0, 0.1) is 17.8 Å². The van der Waals surface area contributed by atoms with Crippen molar-refractivity contribution in [3.05, 3.63) is 12.2 Å². The fraction of sp³-hybridized carbons (Fsp3) is 0.760. The maximum atomic E-state index is 11.7. The van der Waals surface area contributed by atoms with E-state index < -0.39 is 11.9 Å². The smallest absolute Gasteiger partial charge is 0.331 e. The number of ether oxygens (including phenoxy) is 2. The minimum atomic E-state index is -0.568. The summed E-state index contributed by atoms with van der Waals surface area (Å²) in [6, 6.07) is 0. The van der Waals surface area contributed by atoms with Crippen molar-refractivity contribution in [2.24, 2.45) is 5.92 Å². The van der Waals surface area contributed by atoms with Gasteiger partial charge in [0, 0.05) is 18.6 Å². The fourth-order valence-corrected chi connectivity index (χ4v) is 2.92. The van der Waals surface area contributed by atoms with Gasteiger partial charge in [0.2, 0.25) is 0 Å². The van der Waals surface area contributed by atoms with Crippen LogP contribution in [-0.4, -0.2) is 25.2 Å². The van der Waals surface area contributed by atoms with Crippen molar-refractivity contribution in [1.29, 1.82) is 0 Å². The van der Waals surface area contributed by atoms with Gasteiger partial charge in [-0.25, -0.2) is 9.59 Å². The van der Waals surface area contributed by atoms with Crippen LogP contribution in [0.2, 0.25) is 0 Å². The van der Waals surface area contributed by atoms with Gasteiger partial charge in [0.15, 0.2) is 6.61 Å². The summed E-state index contributed by atoms with van der Waals surface area (Å²) in [6.07, 6.45) is 17.6. The van der Waals surface area contributed by atoms with Crippen LogP contribution < -0.4 is 0 Å². The maximum absolute atomic E-state index is 11.7. The highest BCUT2D eigenvalue weighted by atomic mass is 16.5. The third kappa shape index (κ3) is 19.3. The second kappa shape index (κ2) is 21.0. The first-order valence-corrected chi connectivity index (χ1v) is 11.6. The summed E-state index contributed by atoms with van der Waals surface area (Å²) in [7, 11) is 0. The van der Waals surface area contributed by atoms with Crippen LogP contribution in [0.3, 0.4) is 0 Å². The van der Waals surface area contributed by atoms with E-state index in [2.05, 4.69) is 32.6 Å². The topological polar surface area (TPSA) is 52.6 Å². The zero-order valence-electron chi connectivity index (χ0n) is 19.0. The van der Waals surface area contributed by atoms with Crippen LogP contribution in [0.4, 0.5) is 0 Å². The summed E-state index contributed by atoms with van der Waals surface area (Å²) in [6.45, 7) is 6.94. The second-order valence-corrected chi connectivity index (χ2v) is 7.57. The minimum Gasteiger partial charge on any atom is -0.462 e. The fourth-order valence-electron chi connectivity index (χ4n) is 2.92. The van der Waals surface area contributed by atoms with E-state index in [9.17, 15) is 9.59 Å². The van der Waals surface area contributed by atoms with E-state index in [-0.39, 0.29) is 6.61 Å². The van der Waals surface area contributed by atoms with Gasteiger partial charge < -0.3 is 9.47 Å². The van der Waals surface area contributed by atoms with Crippen molar-refractivity contribution in [1.82, 2.24) is 0 Å². The van der Waals surface area contributed by atoms with Crippen LogP contribution >= 0.6 is 0 Å². The van der Waals surface area contributed by atoms with E-state index in [1.807, 2.05) is 0 Å². The summed E-state index contributed by atoms with van der Waals surface area (Å²) in [4.78, 5) is 23.3. The lowest BCUT2D eigenvalue weighted by Gasteiger charge is -2.13. The molecule has 0 aliphatic heterocycles. The van der Waals surface area contributed by atoms with E-state index in [0.29, 0.717) is 12.5 Å². The molecule has 166 valence electrons. The van der Waals surface area contributed by atoms with Gasteiger partial charge in [0.05, 0.1) is 6.61 Å². The third-order valence-corrected chi connectivity index (χ3v) is 4.93. The molecule has 1 unspecified atom stereocenters. The molecule has 1 atom stereocenters. The normalized spacial score (nSPS) is 11.7. The number of hydrogen-bond donors (Lipinski definition) is 0. The SMILES string of the molecule is CCCCCCCCCCC#CCOC(=O)/C=C/C(=O)OCC(CC)CCCC. The number of carbonyl (C=O) groups is 2. The van der Waals surface area contributed by atoms with E-state index in [0.717, 1.165) is 50.7 Å². The number of unbranched alkanes of at least 4 members (excludes halogenated alkanes) is 9. The monoisotopic (exact) mass is 406 g/mol. The molecule has 4 heteroatoms. The van der Waals surface area contributed by atoms with E-state index in [4.69, 9.17) is 9.47 Å². The third-order valence-electron chi connectivity index (χ3n) is 4.93. The molecule has 0 N–H and O–H groups in total. The highest BCUT2D eigenvalue weighted by molar-refractivity contribution is 5.91. The van der Waals surface area contributed by atoms with Gasteiger partial charge in [-0.1, -0.05) is 96.8 Å². The Morgan fingerprint density at radius 1 is 0.759 bits per heavy atom. The zero-order valence-corrected chi connectivity index (χ0v) is 19.0. The van der Waals surface area contributed by atoms with Crippen molar-refractivity contribution in [2.45, 2.75) is 104 Å². The molecule has 4 nitrogen and oxygen atoms in total. The Labute approximate surface area is 178 Å². The average Bonchev–Trinajstić information content (AvgIpc) is 2.73. The number of hydrogen-bond acceptors (Lipinski definition) is 4. The lowest BCUT2D eigenvalue weighted by Crippen LogP contribution is -2.12. The molecule has 0 heterocycles. The largest absolute Gasteiger partial charge is 0.462 e. The lowest BCUT2D eigenvalue weighted by atomic mass is 10.0. The summed E-state index contributed by atoms with van der Waals surface area (Å²) >= 11 is 0. The molecule has 0 spiro atoms. The predicted octanol–water partition coefficient (Wildman–Crippen LogP) is 6.38. The summed E-state index contributed by atoms with van der Waals surface area (Å²) in [5.41, 5.74) is 0. The van der Waals surface area contributed by atoms with Crippen molar-refractivity contribution in [2.75, 3.05) is 13.2 Å². The van der Waals surface area contributed by atoms with Crippen molar-refractivity contribution in [3.8, 4) is 11.8 Å². The number of rotatable bonds is 17. The van der Waals surface area contributed by atoms with Crippen molar-refractivity contribution in [3.63, 3.8) is 0 Å². The van der Waals surface area contributed by atoms with Gasteiger partial charge in [0.1, 0.15) is 0 Å². The van der Waals surface area contributed by atoms with Crippen LogP contribution in [0.1, 0.15) is 104 Å². The molecule has 0 fully saturated rings. The Morgan fingerprint density at radius 3 is 1.97 bits per heavy atom.